The van der Waals surface area contributed by atoms with E-state index in [2.05, 4.69) is 16.0 Å². The number of nitrogens with two attached hydrogens (primary N) is 1. The van der Waals surface area contributed by atoms with Gasteiger partial charge in [-0.1, -0.05) is 19.3 Å². The molecule has 1 fully saturated rings. The smallest absolute Gasteiger partial charge is 0.250 e. The third-order valence-corrected chi connectivity index (χ3v) is 4.88. The summed E-state index contributed by atoms with van der Waals surface area (Å²) in [5.74, 6) is -0.436. The minimum Gasteiger partial charge on any atom is -0.342 e. The van der Waals surface area contributed by atoms with Gasteiger partial charge in [0.15, 0.2) is 0 Å². The summed E-state index contributed by atoms with van der Waals surface area (Å²) in [5.41, 5.74) is 6.86. The Morgan fingerprint density at radius 1 is 1.20 bits per heavy atom. The van der Waals surface area contributed by atoms with Gasteiger partial charge in [-0.15, -0.1) is 0 Å². The lowest BCUT2D eigenvalue weighted by molar-refractivity contribution is -0.131. The molecule has 1 aliphatic heterocycles. The molecule has 1 aromatic carbocycles. The maximum Gasteiger partial charge on any atom is 0.250 e. The van der Waals surface area contributed by atoms with E-state index >= 15 is 0 Å². The van der Waals surface area contributed by atoms with Crippen LogP contribution in [0.25, 0.3) is 0 Å². The topological polar surface area (TPSA) is 113 Å². The Labute approximate surface area is 146 Å². The number of hydrogen-bond acceptors (Lipinski definition) is 4. The van der Waals surface area contributed by atoms with E-state index in [0.29, 0.717) is 24.9 Å². The number of hydrogen-bond donors (Lipinski definition) is 4. The molecule has 1 aromatic rings. The molecule has 3 rings (SSSR count). The van der Waals surface area contributed by atoms with Gasteiger partial charge in [0, 0.05) is 24.3 Å². The molecular weight excluding hydrogens is 320 g/mol. The van der Waals surface area contributed by atoms with Crippen molar-refractivity contribution in [3.05, 3.63) is 23.8 Å². The monoisotopic (exact) mass is 344 g/mol. The normalized spacial score (nSPS) is 18.2. The lowest BCUT2D eigenvalue weighted by atomic mass is 9.80. The van der Waals surface area contributed by atoms with E-state index in [4.69, 9.17) is 5.73 Å². The molecule has 0 spiro atoms. The van der Waals surface area contributed by atoms with E-state index in [0.717, 1.165) is 30.5 Å². The molecule has 3 amide bonds. The molecule has 1 aliphatic carbocycles. The van der Waals surface area contributed by atoms with Crippen molar-refractivity contribution in [1.82, 2.24) is 5.32 Å². The summed E-state index contributed by atoms with van der Waals surface area (Å²) >= 11 is 0. The Morgan fingerprint density at radius 3 is 2.68 bits per heavy atom. The molecule has 5 N–H and O–H groups in total. The summed E-state index contributed by atoms with van der Waals surface area (Å²) in [6.07, 6.45) is 4.64. The first-order chi connectivity index (χ1) is 12.0. The Morgan fingerprint density at radius 2 is 1.96 bits per heavy atom. The fourth-order valence-corrected chi connectivity index (χ4v) is 3.58. The van der Waals surface area contributed by atoms with E-state index in [1.807, 2.05) is 6.07 Å². The van der Waals surface area contributed by atoms with Gasteiger partial charge in [-0.2, -0.15) is 0 Å². The van der Waals surface area contributed by atoms with Crippen LogP contribution in [0.15, 0.2) is 18.2 Å². The van der Waals surface area contributed by atoms with Gasteiger partial charge in [-0.3, -0.25) is 14.4 Å². The number of anilines is 2. The van der Waals surface area contributed by atoms with Gasteiger partial charge < -0.3 is 21.7 Å². The summed E-state index contributed by atoms with van der Waals surface area (Å²) in [7, 11) is 0. The quantitative estimate of drug-likeness (QED) is 0.644. The summed E-state index contributed by atoms with van der Waals surface area (Å²) in [6.45, 7) is 0.259. The first-order valence-electron chi connectivity index (χ1n) is 8.78. The first kappa shape index (κ1) is 17.4. The highest BCUT2D eigenvalue weighted by Crippen LogP contribution is 2.31. The van der Waals surface area contributed by atoms with Crippen LogP contribution >= 0.6 is 0 Å². The largest absolute Gasteiger partial charge is 0.342 e. The standard InChI is InChI=1S/C18H24N4O3/c19-9-6-15(23)22-18(7-2-1-3-8-18)17(25)20-13-4-5-14-12(10-13)11-16(24)21-14/h4-5,10H,1-3,6-9,11,19H2,(H,20,25)(H,21,24)(H,22,23). The minimum atomic E-state index is -0.877. The number of amides is 3. The number of rotatable bonds is 5. The molecule has 134 valence electrons. The average Bonchev–Trinajstić information content (AvgIpc) is 2.95. The van der Waals surface area contributed by atoms with E-state index in [-0.39, 0.29) is 30.7 Å². The van der Waals surface area contributed by atoms with Crippen LogP contribution in [0.5, 0.6) is 0 Å². The van der Waals surface area contributed by atoms with Crippen molar-refractivity contribution in [2.45, 2.75) is 50.5 Å². The van der Waals surface area contributed by atoms with Gasteiger partial charge in [0.25, 0.3) is 0 Å². The number of benzene rings is 1. The summed E-state index contributed by atoms with van der Waals surface area (Å²) in [5, 5.41) is 8.60. The zero-order chi connectivity index (χ0) is 17.9. The first-order valence-corrected chi connectivity index (χ1v) is 8.78. The molecule has 0 unspecified atom stereocenters. The van der Waals surface area contributed by atoms with E-state index < -0.39 is 5.54 Å². The van der Waals surface area contributed by atoms with E-state index in [9.17, 15) is 14.4 Å². The Balaban J connectivity index is 1.75. The second-order valence-electron chi connectivity index (χ2n) is 6.78. The Bertz CT molecular complexity index is 696. The fraction of sp³-hybridized carbons (Fsp3) is 0.500. The molecule has 1 saturated carbocycles. The summed E-state index contributed by atoms with van der Waals surface area (Å²) < 4.78 is 0. The number of carbonyl (C=O) groups excluding carboxylic acids is 3. The maximum atomic E-state index is 13.0. The second kappa shape index (κ2) is 7.23. The van der Waals surface area contributed by atoms with Crippen LogP contribution in [-0.2, 0) is 20.8 Å². The molecule has 2 aliphatic rings. The molecule has 25 heavy (non-hydrogen) atoms. The van der Waals surface area contributed by atoms with Crippen molar-refractivity contribution in [2.75, 3.05) is 17.2 Å². The molecule has 7 heteroatoms. The van der Waals surface area contributed by atoms with E-state index in [1.165, 1.54) is 0 Å². The number of nitrogens with one attached hydrogen (secondary N) is 3. The van der Waals surface area contributed by atoms with Crippen molar-refractivity contribution in [2.24, 2.45) is 5.73 Å². The van der Waals surface area contributed by atoms with Gasteiger partial charge in [0.2, 0.25) is 17.7 Å². The van der Waals surface area contributed by atoms with Crippen molar-refractivity contribution in [1.29, 1.82) is 0 Å². The third-order valence-electron chi connectivity index (χ3n) is 4.88. The maximum absolute atomic E-state index is 13.0. The SMILES string of the molecule is NCCC(=O)NC1(C(=O)Nc2ccc3c(c2)CC(=O)N3)CCCCC1. The zero-order valence-corrected chi connectivity index (χ0v) is 14.2. The van der Waals surface area contributed by atoms with Crippen LogP contribution < -0.4 is 21.7 Å². The van der Waals surface area contributed by atoms with E-state index in [1.54, 1.807) is 12.1 Å². The molecule has 0 radical (unpaired) electrons. The van der Waals surface area contributed by atoms with Crippen LogP contribution in [0.3, 0.4) is 0 Å². The van der Waals surface area contributed by atoms with Gasteiger partial charge >= 0.3 is 0 Å². The van der Waals surface area contributed by atoms with Gasteiger partial charge in [0.1, 0.15) is 5.54 Å². The Hall–Kier alpha value is -2.41. The van der Waals surface area contributed by atoms with Crippen molar-refractivity contribution < 1.29 is 14.4 Å². The molecule has 0 aromatic heterocycles. The zero-order valence-electron chi connectivity index (χ0n) is 14.2. The molecule has 1 heterocycles. The summed E-state index contributed by atoms with van der Waals surface area (Å²) in [4.78, 5) is 36.5. The lowest BCUT2D eigenvalue weighted by Gasteiger charge is -2.36. The average molecular weight is 344 g/mol. The molecule has 0 saturated heterocycles. The predicted octanol–water partition coefficient (Wildman–Crippen LogP) is 1.29. The van der Waals surface area contributed by atoms with Crippen LogP contribution in [0.2, 0.25) is 0 Å². The highest BCUT2D eigenvalue weighted by Gasteiger charge is 2.40. The number of carbonyl (C=O) groups is 3. The molecule has 7 nitrogen and oxygen atoms in total. The number of fused-ring (bicyclic) bond motifs is 1. The predicted molar refractivity (Wildman–Crippen MR) is 95.0 cm³/mol. The highest BCUT2D eigenvalue weighted by atomic mass is 16.2. The fourth-order valence-electron chi connectivity index (χ4n) is 3.58. The van der Waals surface area contributed by atoms with Gasteiger partial charge in [-0.25, -0.2) is 0 Å². The molecule has 0 atom stereocenters. The van der Waals surface area contributed by atoms with Gasteiger partial charge in [-0.05, 0) is 36.6 Å². The van der Waals surface area contributed by atoms with Gasteiger partial charge in [0.05, 0.1) is 6.42 Å². The minimum absolute atomic E-state index is 0.0451. The Kier molecular flexibility index (Phi) is 5.03. The third kappa shape index (κ3) is 3.82. The van der Waals surface area contributed by atoms with Crippen molar-refractivity contribution in [3.63, 3.8) is 0 Å². The van der Waals surface area contributed by atoms with Crippen LogP contribution in [0.1, 0.15) is 44.1 Å². The highest BCUT2D eigenvalue weighted by molar-refractivity contribution is 6.03. The van der Waals surface area contributed by atoms with Crippen molar-refractivity contribution in [3.8, 4) is 0 Å². The van der Waals surface area contributed by atoms with Crippen molar-refractivity contribution >= 4 is 29.1 Å². The van der Waals surface area contributed by atoms with Crippen LogP contribution in [0, 0.1) is 0 Å². The van der Waals surface area contributed by atoms with Crippen LogP contribution in [0.4, 0.5) is 11.4 Å². The molecule has 0 bridgehead atoms. The van der Waals surface area contributed by atoms with Crippen LogP contribution in [-0.4, -0.2) is 29.8 Å². The summed E-state index contributed by atoms with van der Waals surface area (Å²) in [6, 6.07) is 5.36. The lowest BCUT2D eigenvalue weighted by Crippen LogP contribution is -2.58. The molecular formula is C18H24N4O3. The second-order valence-corrected chi connectivity index (χ2v) is 6.78.